The number of hydrogen-bond acceptors (Lipinski definition) is 6. The Bertz CT molecular complexity index is 2170. The van der Waals surface area contributed by atoms with E-state index in [1.54, 1.807) is 24.4 Å². The molecule has 220 valence electrons. The second-order valence-corrected chi connectivity index (χ2v) is 10.8. The number of amides is 1. The maximum absolute atomic E-state index is 14.3. The van der Waals surface area contributed by atoms with E-state index in [1.165, 1.54) is 38.1 Å². The molecule has 6 aromatic rings. The lowest BCUT2D eigenvalue weighted by molar-refractivity contribution is 0.0917. The van der Waals surface area contributed by atoms with Gasteiger partial charge >= 0.3 is 5.69 Å². The van der Waals surface area contributed by atoms with Crippen molar-refractivity contribution in [3.05, 3.63) is 124 Å². The van der Waals surface area contributed by atoms with Gasteiger partial charge in [0.25, 0.3) is 11.5 Å². The van der Waals surface area contributed by atoms with Crippen LogP contribution in [0.2, 0.25) is 0 Å². The Balaban J connectivity index is 1.19. The molecule has 0 radical (unpaired) electrons. The molecule has 1 saturated carbocycles. The first kappa shape index (κ1) is 27.3. The van der Waals surface area contributed by atoms with Gasteiger partial charge < -0.3 is 9.72 Å². The maximum Gasteiger partial charge on any atom is 0.337 e. The third-order valence-electron chi connectivity index (χ3n) is 8.00. The fraction of sp³-hybridized carbons (Fsp3) is 0.188. The third-order valence-corrected chi connectivity index (χ3v) is 8.00. The summed E-state index contributed by atoms with van der Waals surface area (Å²) < 4.78 is 31.9. The van der Waals surface area contributed by atoms with Gasteiger partial charge in [0, 0.05) is 36.2 Å². The van der Waals surface area contributed by atoms with E-state index in [0.717, 1.165) is 17.8 Å². The van der Waals surface area contributed by atoms with E-state index >= 15 is 0 Å². The minimum Gasteiger partial charge on any atom is -0.348 e. The quantitative estimate of drug-likeness (QED) is 0.316. The molecular weight excluding hydrogens is 568 g/mol. The first-order valence-electron chi connectivity index (χ1n) is 14.2. The predicted molar refractivity (Wildman–Crippen MR) is 159 cm³/mol. The smallest absolute Gasteiger partial charge is 0.337 e. The molecule has 1 N–H and O–H groups in total. The molecule has 5 heterocycles. The van der Waals surface area contributed by atoms with Crippen LogP contribution in [0, 0.1) is 11.6 Å². The van der Waals surface area contributed by atoms with Crippen LogP contribution >= 0.6 is 0 Å². The number of carbonyl (C=O) groups is 1. The fourth-order valence-electron chi connectivity index (χ4n) is 5.89. The highest BCUT2D eigenvalue weighted by Gasteiger charge is 2.28. The minimum atomic E-state index is -0.685. The second kappa shape index (κ2) is 11.0. The van der Waals surface area contributed by atoms with Crippen LogP contribution in [0.5, 0.6) is 0 Å². The summed E-state index contributed by atoms with van der Waals surface area (Å²) in [5, 5.41) is 2.96. The van der Waals surface area contributed by atoms with Crippen molar-refractivity contribution < 1.29 is 13.6 Å². The summed E-state index contributed by atoms with van der Waals surface area (Å²) in [6.45, 7) is 0. The molecule has 1 fully saturated rings. The third kappa shape index (κ3) is 4.93. The number of nitrogens with zero attached hydrogens (tertiary/aromatic N) is 6. The number of imidazole rings is 1. The number of aromatic nitrogens is 6. The SMILES string of the molecule is O=C(NC1CCC(n2c(=O)c3cc(F)cnc3n(-c3cccc(-c4ccccn4)c3)c2=O)CC1)c1cn2cc(F)ccc2n1. The highest BCUT2D eigenvalue weighted by Crippen LogP contribution is 2.28. The molecule has 1 aliphatic rings. The van der Waals surface area contributed by atoms with Gasteiger partial charge in [-0.05, 0) is 68.1 Å². The number of carbonyl (C=O) groups excluding carboxylic acids is 1. The Kier molecular flexibility index (Phi) is 6.80. The van der Waals surface area contributed by atoms with Crippen LogP contribution in [-0.4, -0.2) is 40.4 Å². The molecule has 1 amide bonds. The second-order valence-electron chi connectivity index (χ2n) is 10.8. The zero-order chi connectivity index (χ0) is 30.4. The van der Waals surface area contributed by atoms with Crippen molar-refractivity contribution in [3.8, 4) is 16.9 Å². The van der Waals surface area contributed by atoms with Gasteiger partial charge in [0.05, 0.1) is 23.0 Å². The van der Waals surface area contributed by atoms with Gasteiger partial charge in [0.1, 0.15) is 23.0 Å². The normalized spacial score (nSPS) is 16.8. The zero-order valence-corrected chi connectivity index (χ0v) is 23.2. The molecule has 5 aromatic heterocycles. The minimum absolute atomic E-state index is 0.00782. The highest BCUT2D eigenvalue weighted by molar-refractivity contribution is 5.93. The van der Waals surface area contributed by atoms with E-state index in [2.05, 4.69) is 20.3 Å². The van der Waals surface area contributed by atoms with Gasteiger partial charge in [0.2, 0.25) is 0 Å². The first-order valence-corrected chi connectivity index (χ1v) is 14.2. The number of benzene rings is 1. The molecule has 0 saturated heterocycles. The van der Waals surface area contributed by atoms with Crippen LogP contribution < -0.4 is 16.6 Å². The lowest BCUT2D eigenvalue weighted by atomic mass is 9.90. The average molecular weight is 594 g/mol. The standard InChI is InChI=1S/C32H25F2N7O3/c33-20-7-12-28-38-27(18-39(28)17-20)30(42)37-22-8-10-23(11-9-22)41-31(43)25-15-21(34)16-36-29(25)40(32(41)44)24-5-3-4-19(14-24)26-6-1-2-13-35-26/h1-7,12-18,22-23H,8-11H2,(H,37,42). The van der Waals surface area contributed by atoms with E-state index in [9.17, 15) is 23.2 Å². The summed E-state index contributed by atoms with van der Waals surface area (Å²) in [7, 11) is 0. The van der Waals surface area contributed by atoms with Crippen LogP contribution in [0.15, 0.2) is 95.0 Å². The van der Waals surface area contributed by atoms with E-state index in [0.29, 0.717) is 42.7 Å². The lowest BCUT2D eigenvalue weighted by Gasteiger charge is -2.30. The molecule has 7 rings (SSSR count). The van der Waals surface area contributed by atoms with Gasteiger partial charge in [-0.15, -0.1) is 0 Å². The Morgan fingerprint density at radius 3 is 2.52 bits per heavy atom. The van der Waals surface area contributed by atoms with Gasteiger partial charge in [-0.1, -0.05) is 18.2 Å². The Labute approximate surface area is 248 Å². The number of pyridine rings is 3. The largest absolute Gasteiger partial charge is 0.348 e. The molecule has 0 spiro atoms. The van der Waals surface area contributed by atoms with Crippen LogP contribution in [0.25, 0.3) is 33.6 Å². The number of hydrogen-bond donors (Lipinski definition) is 1. The van der Waals surface area contributed by atoms with Crippen molar-refractivity contribution in [1.29, 1.82) is 0 Å². The van der Waals surface area contributed by atoms with E-state index in [-0.39, 0.29) is 22.8 Å². The van der Waals surface area contributed by atoms with Crippen molar-refractivity contribution in [1.82, 2.24) is 33.8 Å². The maximum atomic E-state index is 14.3. The Morgan fingerprint density at radius 1 is 0.886 bits per heavy atom. The van der Waals surface area contributed by atoms with Crippen molar-refractivity contribution >= 4 is 22.6 Å². The monoisotopic (exact) mass is 593 g/mol. The summed E-state index contributed by atoms with van der Waals surface area (Å²) in [6.07, 6.45) is 7.22. The van der Waals surface area contributed by atoms with Crippen molar-refractivity contribution in [2.75, 3.05) is 0 Å². The summed E-state index contributed by atoms with van der Waals surface area (Å²) in [4.78, 5) is 53.4. The molecule has 0 aliphatic heterocycles. The zero-order valence-electron chi connectivity index (χ0n) is 23.2. The molecule has 10 nitrogen and oxygen atoms in total. The average Bonchev–Trinajstić information content (AvgIpc) is 3.46. The summed E-state index contributed by atoms with van der Waals surface area (Å²) in [6, 6.07) is 15.8. The molecule has 0 atom stereocenters. The molecule has 12 heteroatoms. The predicted octanol–water partition coefficient (Wildman–Crippen LogP) is 4.45. The highest BCUT2D eigenvalue weighted by atomic mass is 19.1. The molecular formula is C32H25F2N7O3. The van der Waals surface area contributed by atoms with E-state index in [1.807, 2.05) is 24.3 Å². The number of fused-ring (bicyclic) bond motifs is 2. The number of halogens is 2. The summed E-state index contributed by atoms with van der Waals surface area (Å²) in [5.74, 6) is -1.52. The lowest BCUT2D eigenvalue weighted by Crippen LogP contribution is -2.45. The van der Waals surface area contributed by atoms with E-state index < -0.39 is 34.8 Å². The van der Waals surface area contributed by atoms with Crippen molar-refractivity contribution in [3.63, 3.8) is 0 Å². The van der Waals surface area contributed by atoms with Crippen LogP contribution in [0.4, 0.5) is 8.78 Å². The van der Waals surface area contributed by atoms with Gasteiger partial charge in [-0.3, -0.25) is 19.1 Å². The fourth-order valence-corrected chi connectivity index (χ4v) is 5.89. The Hall–Kier alpha value is -5.52. The first-order chi connectivity index (χ1) is 21.4. The number of nitrogens with one attached hydrogen (secondary N) is 1. The van der Waals surface area contributed by atoms with Crippen LogP contribution in [0.1, 0.15) is 42.2 Å². The van der Waals surface area contributed by atoms with Gasteiger partial charge in [0.15, 0.2) is 5.65 Å². The number of rotatable bonds is 5. The Morgan fingerprint density at radius 2 is 1.73 bits per heavy atom. The summed E-state index contributed by atoms with van der Waals surface area (Å²) >= 11 is 0. The van der Waals surface area contributed by atoms with Gasteiger partial charge in [-0.2, -0.15) is 0 Å². The topological polar surface area (TPSA) is 116 Å². The molecule has 1 aliphatic carbocycles. The van der Waals surface area contributed by atoms with Crippen molar-refractivity contribution in [2.45, 2.75) is 37.8 Å². The van der Waals surface area contributed by atoms with Crippen LogP contribution in [0.3, 0.4) is 0 Å². The van der Waals surface area contributed by atoms with E-state index in [4.69, 9.17) is 0 Å². The van der Waals surface area contributed by atoms with Crippen LogP contribution in [-0.2, 0) is 0 Å². The molecule has 44 heavy (non-hydrogen) atoms. The summed E-state index contributed by atoms with van der Waals surface area (Å²) in [5.41, 5.74) is 1.40. The molecule has 0 unspecified atom stereocenters. The van der Waals surface area contributed by atoms with Gasteiger partial charge in [-0.25, -0.2) is 28.1 Å². The van der Waals surface area contributed by atoms with Crippen molar-refractivity contribution in [2.24, 2.45) is 0 Å². The molecule has 1 aromatic carbocycles. The molecule has 0 bridgehead atoms.